The van der Waals surface area contributed by atoms with Gasteiger partial charge < -0.3 is 24.5 Å². The predicted octanol–water partition coefficient (Wildman–Crippen LogP) is 4.10. The number of nitrogens with zero attached hydrogens (tertiary/aromatic N) is 2. The Morgan fingerprint density at radius 1 is 1.24 bits per heavy atom. The van der Waals surface area contributed by atoms with Gasteiger partial charge in [0.25, 0.3) is 0 Å². The highest BCUT2D eigenvalue weighted by molar-refractivity contribution is 6.08. The number of furan rings is 1. The summed E-state index contributed by atoms with van der Waals surface area (Å²) in [5, 5.41) is 5.42. The van der Waals surface area contributed by atoms with Crippen molar-refractivity contribution >= 4 is 23.4 Å². The summed E-state index contributed by atoms with van der Waals surface area (Å²) >= 11 is 0. The number of methoxy groups -OCH3 is 1. The van der Waals surface area contributed by atoms with Crippen LogP contribution in [0.4, 0.5) is 29.5 Å². The van der Waals surface area contributed by atoms with Crippen LogP contribution in [0.5, 0.6) is 5.75 Å². The molecule has 0 aliphatic carbocycles. The zero-order chi connectivity index (χ0) is 24.3. The maximum atomic E-state index is 13.2. The molecule has 3 heterocycles. The Kier molecular flexibility index (Phi) is 6.41. The Labute approximate surface area is 191 Å². The lowest BCUT2D eigenvalue weighted by atomic mass is 10.1. The number of urea groups is 1. The highest BCUT2D eigenvalue weighted by atomic mass is 19.4. The van der Waals surface area contributed by atoms with Crippen LogP contribution < -0.4 is 20.3 Å². The number of hydrogen-bond donors (Lipinski definition) is 2. The van der Waals surface area contributed by atoms with Crippen LogP contribution in [0.2, 0.25) is 0 Å². The van der Waals surface area contributed by atoms with E-state index in [0.29, 0.717) is 22.5 Å². The fourth-order valence-corrected chi connectivity index (χ4v) is 3.42. The number of nitrogens with one attached hydrogen (secondary N) is 2. The molecule has 1 atom stereocenters. The number of pyridine rings is 1. The molecule has 0 fully saturated rings. The van der Waals surface area contributed by atoms with Crippen molar-refractivity contribution in [1.82, 2.24) is 10.3 Å². The van der Waals surface area contributed by atoms with Crippen LogP contribution >= 0.6 is 0 Å². The molecule has 1 aromatic carbocycles. The van der Waals surface area contributed by atoms with Gasteiger partial charge in [0, 0.05) is 12.7 Å². The summed E-state index contributed by atoms with van der Waals surface area (Å²) in [6.07, 6.45) is -1.82. The minimum Gasteiger partial charge on any atom is -0.472 e. The summed E-state index contributed by atoms with van der Waals surface area (Å²) in [6, 6.07) is 8.72. The van der Waals surface area contributed by atoms with Gasteiger partial charge in [-0.25, -0.2) is 9.78 Å². The summed E-state index contributed by atoms with van der Waals surface area (Å²) in [6.45, 7) is -0.251. The molecule has 9 nitrogen and oxygen atoms in total. The zero-order valence-corrected chi connectivity index (χ0v) is 17.8. The molecule has 3 amide bonds. The van der Waals surface area contributed by atoms with Gasteiger partial charge in [-0.05, 0) is 35.9 Å². The normalized spacial score (nSPS) is 14.2. The first kappa shape index (κ1) is 23.1. The summed E-state index contributed by atoms with van der Waals surface area (Å²) in [5.41, 5.74) is 2.07. The van der Waals surface area contributed by atoms with E-state index in [-0.39, 0.29) is 19.0 Å². The fourth-order valence-electron chi connectivity index (χ4n) is 3.42. The zero-order valence-electron chi connectivity index (χ0n) is 17.8. The van der Waals surface area contributed by atoms with Crippen LogP contribution in [-0.2, 0) is 9.53 Å². The number of carbonyl (C=O) groups excluding carboxylic acids is 2. The second kappa shape index (κ2) is 9.43. The molecule has 178 valence electrons. The van der Waals surface area contributed by atoms with Crippen molar-refractivity contribution in [2.75, 3.05) is 30.5 Å². The van der Waals surface area contributed by atoms with Crippen LogP contribution in [0, 0.1) is 0 Å². The van der Waals surface area contributed by atoms with Gasteiger partial charge in [0.15, 0.2) is 5.82 Å². The monoisotopic (exact) mass is 476 g/mol. The SMILES string of the molecule is COCC(NC(=O)N1CC(=O)Nc2ccc(-c3ccoc3)nc21)c1ccc(OC(F)(F)F)cc1. The van der Waals surface area contributed by atoms with Gasteiger partial charge in [0.2, 0.25) is 5.91 Å². The summed E-state index contributed by atoms with van der Waals surface area (Å²) < 4.78 is 51.4. The maximum absolute atomic E-state index is 13.2. The van der Waals surface area contributed by atoms with Crippen molar-refractivity contribution < 1.29 is 36.7 Å². The number of carbonyl (C=O) groups is 2. The third kappa shape index (κ3) is 5.29. The van der Waals surface area contributed by atoms with Gasteiger partial charge in [-0.2, -0.15) is 0 Å². The van der Waals surface area contributed by atoms with Gasteiger partial charge in [-0.15, -0.1) is 13.2 Å². The van der Waals surface area contributed by atoms with Crippen molar-refractivity contribution in [2.24, 2.45) is 0 Å². The first-order valence-electron chi connectivity index (χ1n) is 9.99. The minimum atomic E-state index is -4.81. The Bertz CT molecular complexity index is 1170. The number of amides is 3. The van der Waals surface area contributed by atoms with E-state index in [2.05, 4.69) is 20.4 Å². The molecule has 12 heteroatoms. The molecule has 3 aromatic rings. The van der Waals surface area contributed by atoms with E-state index in [4.69, 9.17) is 9.15 Å². The van der Waals surface area contributed by atoms with Gasteiger partial charge in [0.05, 0.1) is 36.6 Å². The van der Waals surface area contributed by atoms with Crippen molar-refractivity contribution in [3.05, 3.63) is 60.6 Å². The first-order valence-corrected chi connectivity index (χ1v) is 9.99. The third-order valence-corrected chi connectivity index (χ3v) is 4.92. The molecule has 2 N–H and O–H groups in total. The quantitative estimate of drug-likeness (QED) is 0.555. The number of hydrogen-bond acceptors (Lipinski definition) is 6. The number of rotatable bonds is 6. The molecule has 0 bridgehead atoms. The van der Waals surface area contributed by atoms with Crippen LogP contribution in [0.25, 0.3) is 11.3 Å². The fraction of sp³-hybridized carbons (Fsp3) is 0.227. The Hall–Kier alpha value is -4.06. The maximum Gasteiger partial charge on any atom is 0.573 e. The summed E-state index contributed by atoms with van der Waals surface area (Å²) in [5.74, 6) is -0.560. The van der Waals surface area contributed by atoms with Crippen molar-refractivity contribution in [3.8, 4) is 17.0 Å². The number of halogens is 3. The molecule has 2 aromatic heterocycles. The second-order valence-corrected chi connectivity index (χ2v) is 7.29. The number of anilines is 2. The average Bonchev–Trinajstić information content (AvgIpc) is 3.32. The number of alkyl halides is 3. The summed E-state index contributed by atoms with van der Waals surface area (Å²) in [7, 11) is 1.42. The first-order chi connectivity index (χ1) is 16.2. The van der Waals surface area contributed by atoms with Gasteiger partial charge in [-0.1, -0.05) is 12.1 Å². The highest BCUT2D eigenvalue weighted by Crippen LogP contribution is 2.31. The molecular weight excluding hydrogens is 457 g/mol. The summed E-state index contributed by atoms with van der Waals surface area (Å²) in [4.78, 5) is 31.0. The minimum absolute atomic E-state index is 0.0284. The van der Waals surface area contributed by atoms with Crippen LogP contribution in [0.3, 0.4) is 0 Å². The van der Waals surface area contributed by atoms with E-state index >= 15 is 0 Å². The highest BCUT2D eigenvalue weighted by Gasteiger charge is 2.32. The van der Waals surface area contributed by atoms with Crippen molar-refractivity contribution in [1.29, 1.82) is 0 Å². The number of fused-ring (bicyclic) bond motifs is 1. The molecule has 1 aliphatic heterocycles. The Morgan fingerprint density at radius 3 is 2.65 bits per heavy atom. The molecule has 0 saturated heterocycles. The predicted molar refractivity (Wildman–Crippen MR) is 114 cm³/mol. The van der Waals surface area contributed by atoms with E-state index in [1.165, 1.54) is 36.7 Å². The van der Waals surface area contributed by atoms with E-state index in [1.807, 2.05) is 0 Å². The van der Waals surface area contributed by atoms with Gasteiger partial charge in [-0.3, -0.25) is 9.69 Å². The lowest BCUT2D eigenvalue weighted by molar-refractivity contribution is -0.274. The number of aromatic nitrogens is 1. The van der Waals surface area contributed by atoms with Crippen molar-refractivity contribution in [2.45, 2.75) is 12.4 Å². The smallest absolute Gasteiger partial charge is 0.472 e. The molecule has 1 aliphatic rings. The van der Waals surface area contributed by atoms with Crippen LogP contribution in [-0.4, -0.2) is 43.5 Å². The molecule has 34 heavy (non-hydrogen) atoms. The Balaban J connectivity index is 1.57. The van der Waals surface area contributed by atoms with E-state index in [1.54, 1.807) is 18.2 Å². The molecule has 4 rings (SSSR count). The van der Waals surface area contributed by atoms with E-state index < -0.39 is 30.1 Å². The molecule has 0 radical (unpaired) electrons. The third-order valence-electron chi connectivity index (χ3n) is 4.92. The number of ether oxygens (including phenoxy) is 2. The van der Waals surface area contributed by atoms with Gasteiger partial charge >= 0.3 is 12.4 Å². The Morgan fingerprint density at radius 2 is 2.00 bits per heavy atom. The average molecular weight is 476 g/mol. The van der Waals surface area contributed by atoms with E-state index in [0.717, 1.165) is 12.1 Å². The van der Waals surface area contributed by atoms with Crippen LogP contribution in [0.15, 0.2) is 59.4 Å². The lowest BCUT2D eigenvalue weighted by Gasteiger charge is -2.30. The van der Waals surface area contributed by atoms with Crippen molar-refractivity contribution in [3.63, 3.8) is 0 Å². The lowest BCUT2D eigenvalue weighted by Crippen LogP contribution is -2.49. The van der Waals surface area contributed by atoms with Gasteiger partial charge in [0.1, 0.15) is 12.3 Å². The van der Waals surface area contributed by atoms with Crippen LogP contribution in [0.1, 0.15) is 11.6 Å². The topological polar surface area (TPSA) is 106 Å². The molecule has 0 spiro atoms. The number of benzene rings is 1. The molecular formula is C22H19F3N4O5. The molecule has 0 saturated carbocycles. The van der Waals surface area contributed by atoms with E-state index in [9.17, 15) is 22.8 Å². The second-order valence-electron chi connectivity index (χ2n) is 7.29. The standard InChI is InChI=1S/C22H19F3N4O5/c1-32-12-18(13-2-4-15(5-3-13)34-22(23,24)25)28-21(31)29-10-19(30)26-17-7-6-16(27-20(17)29)14-8-9-33-11-14/h2-9,11,18H,10,12H2,1H3,(H,26,30)(H,28,31). The largest absolute Gasteiger partial charge is 0.573 e. The molecule has 1 unspecified atom stereocenters.